The molecule has 0 atom stereocenters. The Morgan fingerprint density at radius 1 is 1.43 bits per heavy atom. The minimum atomic E-state index is -0.190. The van der Waals surface area contributed by atoms with Crippen molar-refractivity contribution >= 4 is 33.4 Å². The Labute approximate surface area is 136 Å². The molecular weight excluding hydrogens is 356 g/mol. The molecule has 0 aliphatic rings. The summed E-state index contributed by atoms with van der Waals surface area (Å²) in [6.07, 6.45) is 1.81. The van der Waals surface area contributed by atoms with E-state index in [1.807, 2.05) is 6.07 Å². The molecule has 1 amide bonds. The predicted molar refractivity (Wildman–Crippen MR) is 82.8 cm³/mol. The Balaban J connectivity index is 2.22. The molecule has 1 aromatic heterocycles. The topological polar surface area (TPSA) is 57.2 Å². The number of nitriles is 1. The molecule has 0 radical (unpaired) electrons. The van der Waals surface area contributed by atoms with Gasteiger partial charge in [0.25, 0.3) is 5.91 Å². The Kier molecular flexibility index (Phi) is 5.43. The van der Waals surface area contributed by atoms with Gasteiger partial charge in [0.05, 0.1) is 25.3 Å². The summed E-state index contributed by atoms with van der Waals surface area (Å²) < 4.78 is 6.00. The van der Waals surface area contributed by atoms with Crippen LogP contribution in [0.5, 0.6) is 0 Å². The Morgan fingerprint density at radius 2 is 2.24 bits per heavy atom. The summed E-state index contributed by atoms with van der Waals surface area (Å²) in [5, 5.41) is 9.22. The van der Waals surface area contributed by atoms with E-state index in [2.05, 4.69) is 15.9 Å². The second kappa shape index (κ2) is 7.30. The number of furan rings is 1. The van der Waals surface area contributed by atoms with E-state index in [1.165, 1.54) is 0 Å². The van der Waals surface area contributed by atoms with Crippen molar-refractivity contribution in [3.05, 3.63) is 57.4 Å². The van der Waals surface area contributed by atoms with Crippen LogP contribution < -0.4 is 0 Å². The molecular formula is C15H12BrClN2O2. The van der Waals surface area contributed by atoms with Crippen molar-refractivity contribution in [1.82, 2.24) is 4.90 Å². The second-order valence-electron chi connectivity index (χ2n) is 4.37. The van der Waals surface area contributed by atoms with Gasteiger partial charge in [-0.15, -0.1) is 0 Å². The fourth-order valence-electron chi connectivity index (χ4n) is 1.89. The van der Waals surface area contributed by atoms with Gasteiger partial charge in [-0.25, -0.2) is 0 Å². The highest BCUT2D eigenvalue weighted by atomic mass is 79.9. The summed E-state index contributed by atoms with van der Waals surface area (Å²) in [6.45, 7) is 0.651. The number of carbonyl (C=O) groups excluding carboxylic acids is 1. The van der Waals surface area contributed by atoms with Crippen molar-refractivity contribution in [2.45, 2.75) is 13.0 Å². The number of rotatable bonds is 5. The number of hydrogen-bond acceptors (Lipinski definition) is 3. The zero-order valence-corrected chi connectivity index (χ0v) is 13.4. The molecule has 2 aromatic rings. The first-order chi connectivity index (χ1) is 10.1. The van der Waals surface area contributed by atoms with Crippen LogP contribution in [-0.2, 0) is 6.54 Å². The highest BCUT2D eigenvalue weighted by molar-refractivity contribution is 9.10. The molecule has 4 nitrogen and oxygen atoms in total. The molecule has 0 unspecified atom stereocenters. The van der Waals surface area contributed by atoms with Gasteiger partial charge in [-0.1, -0.05) is 27.5 Å². The molecule has 0 bridgehead atoms. The van der Waals surface area contributed by atoms with E-state index in [0.29, 0.717) is 29.4 Å². The summed E-state index contributed by atoms with van der Waals surface area (Å²) in [5.41, 5.74) is 0.471. The zero-order chi connectivity index (χ0) is 15.2. The fraction of sp³-hybridized carbons (Fsp3) is 0.200. The van der Waals surface area contributed by atoms with E-state index in [1.54, 1.807) is 41.5 Å². The van der Waals surface area contributed by atoms with Gasteiger partial charge in [0, 0.05) is 21.6 Å². The van der Waals surface area contributed by atoms with Crippen LogP contribution in [0.15, 0.2) is 45.5 Å². The van der Waals surface area contributed by atoms with Crippen LogP contribution >= 0.6 is 27.5 Å². The van der Waals surface area contributed by atoms with E-state index in [-0.39, 0.29) is 12.3 Å². The lowest BCUT2D eigenvalue weighted by molar-refractivity contribution is 0.0735. The van der Waals surface area contributed by atoms with Crippen LogP contribution in [0.4, 0.5) is 0 Å². The van der Waals surface area contributed by atoms with Gasteiger partial charge in [-0.2, -0.15) is 5.26 Å². The monoisotopic (exact) mass is 366 g/mol. The summed E-state index contributed by atoms with van der Waals surface area (Å²) in [5.74, 6) is 0.479. The fourth-order valence-corrected chi connectivity index (χ4v) is 2.75. The molecule has 0 saturated heterocycles. The van der Waals surface area contributed by atoms with Gasteiger partial charge in [0.1, 0.15) is 5.76 Å². The van der Waals surface area contributed by atoms with Crippen molar-refractivity contribution < 1.29 is 9.21 Å². The molecule has 0 spiro atoms. The third kappa shape index (κ3) is 4.35. The molecule has 108 valence electrons. The first-order valence-corrected chi connectivity index (χ1v) is 7.42. The van der Waals surface area contributed by atoms with Gasteiger partial charge in [0.2, 0.25) is 0 Å². The number of carbonyl (C=O) groups is 1. The summed E-state index contributed by atoms with van der Waals surface area (Å²) in [7, 11) is 0. The first kappa shape index (κ1) is 15.6. The Morgan fingerprint density at radius 3 is 2.86 bits per heavy atom. The van der Waals surface area contributed by atoms with Crippen molar-refractivity contribution in [2.24, 2.45) is 0 Å². The molecule has 1 heterocycles. The van der Waals surface area contributed by atoms with Crippen molar-refractivity contribution in [1.29, 1.82) is 5.26 Å². The van der Waals surface area contributed by atoms with E-state index in [9.17, 15) is 4.79 Å². The molecule has 21 heavy (non-hydrogen) atoms. The largest absolute Gasteiger partial charge is 0.467 e. The van der Waals surface area contributed by atoms with E-state index in [4.69, 9.17) is 21.3 Å². The SMILES string of the molecule is N#CCCN(Cc1ccco1)C(=O)c1cc(Cl)cc(Br)c1. The maximum atomic E-state index is 12.6. The predicted octanol–water partition coefficient (Wildman–Crippen LogP) is 4.25. The summed E-state index contributed by atoms with van der Waals surface area (Å²) >= 11 is 9.29. The minimum absolute atomic E-state index is 0.190. The van der Waals surface area contributed by atoms with Crippen LogP contribution in [0.1, 0.15) is 22.5 Å². The molecule has 1 aromatic carbocycles. The Bertz CT molecular complexity index is 645. The van der Waals surface area contributed by atoms with Gasteiger partial charge in [0.15, 0.2) is 0 Å². The Hall–Kier alpha value is -1.77. The standard InChI is InChI=1S/C15H12BrClN2O2/c16-12-7-11(8-13(17)9-12)15(20)19(5-2-4-18)10-14-3-1-6-21-14/h1,3,6-9H,2,5,10H2. The van der Waals surface area contributed by atoms with Crippen molar-refractivity contribution in [3.8, 4) is 6.07 Å². The highest BCUT2D eigenvalue weighted by Gasteiger charge is 2.18. The van der Waals surface area contributed by atoms with Crippen LogP contribution in [0.25, 0.3) is 0 Å². The van der Waals surface area contributed by atoms with Crippen LogP contribution in [0, 0.1) is 11.3 Å². The number of hydrogen-bond donors (Lipinski definition) is 0. The van der Waals surface area contributed by atoms with E-state index in [0.717, 1.165) is 4.47 Å². The first-order valence-electron chi connectivity index (χ1n) is 6.25. The van der Waals surface area contributed by atoms with Gasteiger partial charge in [-0.05, 0) is 30.3 Å². The maximum absolute atomic E-state index is 12.6. The molecule has 0 fully saturated rings. The summed E-state index contributed by atoms with van der Waals surface area (Å²) in [6, 6.07) is 10.6. The zero-order valence-electron chi connectivity index (χ0n) is 11.1. The van der Waals surface area contributed by atoms with E-state index >= 15 is 0 Å². The molecule has 6 heteroatoms. The van der Waals surface area contributed by atoms with Crippen LogP contribution in [0.3, 0.4) is 0 Å². The van der Waals surface area contributed by atoms with Crippen molar-refractivity contribution in [3.63, 3.8) is 0 Å². The normalized spacial score (nSPS) is 10.1. The third-order valence-corrected chi connectivity index (χ3v) is 3.49. The lowest BCUT2D eigenvalue weighted by atomic mass is 10.2. The molecule has 0 aliphatic carbocycles. The maximum Gasteiger partial charge on any atom is 0.254 e. The smallest absolute Gasteiger partial charge is 0.254 e. The highest BCUT2D eigenvalue weighted by Crippen LogP contribution is 2.21. The molecule has 0 aliphatic heterocycles. The van der Waals surface area contributed by atoms with Crippen LogP contribution in [0.2, 0.25) is 5.02 Å². The van der Waals surface area contributed by atoms with Gasteiger partial charge >= 0.3 is 0 Å². The van der Waals surface area contributed by atoms with Crippen molar-refractivity contribution in [2.75, 3.05) is 6.54 Å². The third-order valence-electron chi connectivity index (χ3n) is 2.82. The average Bonchev–Trinajstić information content (AvgIpc) is 2.94. The van der Waals surface area contributed by atoms with E-state index < -0.39 is 0 Å². The molecule has 0 N–H and O–H groups in total. The molecule has 2 rings (SSSR count). The number of halogens is 2. The van der Waals surface area contributed by atoms with Crippen LogP contribution in [-0.4, -0.2) is 17.4 Å². The second-order valence-corrected chi connectivity index (χ2v) is 5.72. The minimum Gasteiger partial charge on any atom is -0.467 e. The number of amides is 1. The van der Waals surface area contributed by atoms with Gasteiger partial charge < -0.3 is 9.32 Å². The lowest BCUT2D eigenvalue weighted by Gasteiger charge is -2.20. The molecule has 0 saturated carbocycles. The van der Waals surface area contributed by atoms with Gasteiger partial charge in [-0.3, -0.25) is 4.79 Å². The number of benzene rings is 1. The quantitative estimate of drug-likeness (QED) is 0.793. The lowest BCUT2D eigenvalue weighted by Crippen LogP contribution is -2.31. The average molecular weight is 368 g/mol. The number of nitrogens with zero attached hydrogens (tertiary/aromatic N) is 2. The summed E-state index contributed by atoms with van der Waals surface area (Å²) in [4.78, 5) is 14.1.